The molecule has 5 nitrogen and oxygen atoms in total. The zero-order chi connectivity index (χ0) is 21.0. The average molecular weight is 390 g/mol. The Kier molecular flexibility index (Phi) is 6.26. The summed E-state index contributed by atoms with van der Waals surface area (Å²) < 4.78 is 5.82. The Hall–Kier alpha value is -3.23. The van der Waals surface area contributed by atoms with E-state index in [1.165, 1.54) is 0 Å². The zero-order valence-corrected chi connectivity index (χ0v) is 16.9. The summed E-state index contributed by atoms with van der Waals surface area (Å²) in [6.45, 7) is 5.43. The summed E-state index contributed by atoms with van der Waals surface area (Å²) in [5, 5.41) is 14.3. The molecule has 150 valence electrons. The number of ether oxygens (including phenoxy) is 1. The molecule has 3 N–H and O–H groups in total. The molecule has 0 bridgehead atoms. The van der Waals surface area contributed by atoms with E-state index in [1.807, 2.05) is 44.3 Å². The SMILES string of the molecule is C#Cc1cccc(C(=O)N[C@H](Cc2c[nH]c3ccccc23)C(C)O)c1OC(C)C. The van der Waals surface area contributed by atoms with E-state index in [-0.39, 0.29) is 12.0 Å². The van der Waals surface area contributed by atoms with Crippen molar-refractivity contribution in [2.75, 3.05) is 0 Å². The second-order valence-electron chi connectivity index (χ2n) is 7.38. The largest absolute Gasteiger partial charge is 0.489 e. The number of aromatic amines is 1. The highest BCUT2D eigenvalue weighted by molar-refractivity contribution is 5.98. The molecule has 3 rings (SSSR count). The fourth-order valence-electron chi connectivity index (χ4n) is 3.32. The molecule has 3 aromatic rings. The van der Waals surface area contributed by atoms with Gasteiger partial charge in [-0.05, 0) is 51.0 Å². The summed E-state index contributed by atoms with van der Waals surface area (Å²) in [5.41, 5.74) is 2.94. The normalized spacial score (nSPS) is 13.1. The van der Waals surface area contributed by atoms with Crippen LogP contribution < -0.4 is 10.1 Å². The van der Waals surface area contributed by atoms with Crippen molar-refractivity contribution in [2.24, 2.45) is 0 Å². The Bertz CT molecular complexity index is 1040. The number of hydrogen-bond acceptors (Lipinski definition) is 3. The van der Waals surface area contributed by atoms with Crippen molar-refractivity contribution in [3.8, 4) is 18.1 Å². The Morgan fingerprint density at radius 1 is 1.21 bits per heavy atom. The highest BCUT2D eigenvalue weighted by Crippen LogP contribution is 2.26. The van der Waals surface area contributed by atoms with Crippen LogP contribution in [0.1, 0.15) is 42.3 Å². The Balaban J connectivity index is 1.86. The van der Waals surface area contributed by atoms with Crippen LogP contribution in [-0.2, 0) is 6.42 Å². The molecule has 1 unspecified atom stereocenters. The number of aliphatic hydroxyl groups excluding tert-OH is 1. The number of fused-ring (bicyclic) bond motifs is 1. The van der Waals surface area contributed by atoms with E-state index in [2.05, 4.69) is 16.2 Å². The molecule has 2 aromatic carbocycles. The quantitative estimate of drug-likeness (QED) is 0.539. The topological polar surface area (TPSA) is 74.4 Å². The van der Waals surface area contributed by atoms with Gasteiger partial charge in [-0.3, -0.25) is 4.79 Å². The van der Waals surface area contributed by atoms with Gasteiger partial charge in [0.15, 0.2) is 0 Å². The summed E-state index contributed by atoms with van der Waals surface area (Å²) >= 11 is 0. The molecule has 2 atom stereocenters. The highest BCUT2D eigenvalue weighted by atomic mass is 16.5. The monoisotopic (exact) mass is 390 g/mol. The molecule has 1 aromatic heterocycles. The summed E-state index contributed by atoms with van der Waals surface area (Å²) in [6.07, 6.45) is 7.12. The molecule has 1 heterocycles. The van der Waals surface area contributed by atoms with Crippen molar-refractivity contribution >= 4 is 16.8 Å². The van der Waals surface area contributed by atoms with Gasteiger partial charge in [0.25, 0.3) is 5.91 Å². The number of carbonyl (C=O) groups is 1. The summed E-state index contributed by atoms with van der Waals surface area (Å²) in [6, 6.07) is 12.6. The number of benzene rings is 2. The summed E-state index contributed by atoms with van der Waals surface area (Å²) in [7, 11) is 0. The van der Waals surface area contributed by atoms with Crippen LogP contribution in [0.25, 0.3) is 10.9 Å². The number of carbonyl (C=O) groups excluding carboxylic acids is 1. The van der Waals surface area contributed by atoms with E-state index in [0.717, 1.165) is 16.5 Å². The van der Waals surface area contributed by atoms with Crippen LogP contribution in [-0.4, -0.2) is 34.2 Å². The second-order valence-corrected chi connectivity index (χ2v) is 7.38. The van der Waals surface area contributed by atoms with Gasteiger partial charge in [0.1, 0.15) is 5.75 Å². The molecule has 0 fully saturated rings. The predicted octanol–water partition coefficient (Wildman–Crippen LogP) is 3.66. The maximum Gasteiger partial charge on any atom is 0.255 e. The number of aromatic nitrogens is 1. The van der Waals surface area contributed by atoms with Crippen LogP contribution in [0.3, 0.4) is 0 Å². The van der Waals surface area contributed by atoms with Crippen molar-refractivity contribution in [3.05, 3.63) is 65.4 Å². The maximum absolute atomic E-state index is 13.0. The summed E-state index contributed by atoms with van der Waals surface area (Å²) in [5.74, 6) is 2.63. The van der Waals surface area contributed by atoms with E-state index < -0.39 is 12.1 Å². The molecular weight excluding hydrogens is 364 g/mol. The van der Waals surface area contributed by atoms with Crippen molar-refractivity contribution < 1.29 is 14.6 Å². The highest BCUT2D eigenvalue weighted by Gasteiger charge is 2.23. The van der Waals surface area contributed by atoms with Gasteiger partial charge >= 0.3 is 0 Å². The third kappa shape index (κ3) is 4.61. The predicted molar refractivity (Wildman–Crippen MR) is 115 cm³/mol. The Labute approximate surface area is 171 Å². The van der Waals surface area contributed by atoms with E-state index >= 15 is 0 Å². The van der Waals surface area contributed by atoms with Crippen LogP contribution in [0, 0.1) is 12.3 Å². The van der Waals surface area contributed by atoms with Gasteiger partial charge in [-0.2, -0.15) is 0 Å². The first-order valence-corrected chi connectivity index (χ1v) is 9.71. The van der Waals surface area contributed by atoms with Crippen LogP contribution in [0.2, 0.25) is 0 Å². The Morgan fingerprint density at radius 3 is 2.66 bits per heavy atom. The fraction of sp³-hybridized carbons (Fsp3) is 0.292. The van der Waals surface area contributed by atoms with Crippen LogP contribution in [0.15, 0.2) is 48.7 Å². The van der Waals surface area contributed by atoms with Gasteiger partial charge < -0.3 is 20.1 Å². The summed E-state index contributed by atoms with van der Waals surface area (Å²) in [4.78, 5) is 16.3. The first kappa shape index (κ1) is 20.5. The first-order chi connectivity index (χ1) is 13.9. The number of H-pyrrole nitrogens is 1. The number of hydrogen-bond donors (Lipinski definition) is 3. The van der Waals surface area contributed by atoms with Gasteiger partial charge in [0.2, 0.25) is 0 Å². The molecule has 5 heteroatoms. The molecule has 0 radical (unpaired) electrons. The Morgan fingerprint density at radius 2 is 1.97 bits per heavy atom. The molecule has 0 aliphatic carbocycles. The molecular formula is C24H26N2O3. The molecule has 0 spiro atoms. The smallest absolute Gasteiger partial charge is 0.255 e. The van der Waals surface area contributed by atoms with Crippen molar-refractivity contribution in [2.45, 2.75) is 45.4 Å². The molecule has 0 saturated carbocycles. The molecule has 0 aliphatic rings. The first-order valence-electron chi connectivity index (χ1n) is 9.71. The second kappa shape index (κ2) is 8.85. The minimum atomic E-state index is -0.738. The third-order valence-corrected chi connectivity index (χ3v) is 4.78. The van der Waals surface area contributed by atoms with Crippen LogP contribution in [0.5, 0.6) is 5.75 Å². The third-order valence-electron chi connectivity index (χ3n) is 4.78. The average Bonchev–Trinajstić information content (AvgIpc) is 3.10. The van der Waals surface area contributed by atoms with Gasteiger partial charge in [0.05, 0.1) is 29.4 Å². The molecule has 0 saturated heterocycles. The van der Waals surface area contributed by atoms with Gasteiger partial charge in [-0.15, -0.1) is 6.42 Å². The minimum Gasteiger partial charge on any atom is -0.489 e. The van der Waals surface area contributed by atoms with E-state index in [0.29, 0.717) is 23.3 Å². The lowest BCUT2D eigenvalue weighted by Gasteiger charge is -2.23. The fourth-order valence-corrected chi connectivity index (χ4v) is 3.32. The van der Waals surface area contributed by atoms with Crippen LogP contribution in [0.4, 0.5) is 0 Å². The lowest BCUT2D eigenvalue weighted by Crippen LogP contribution is -2.43. The van der Waals surface area contributed by atoms with E-state index in [1.54, 1.807) is 25.1 Å². The maximum atomic E-state index is 13.0. The molecule has 1 amide bonds. The standard InChI is InChI=1S/C24H26N2O3/c1-5-17-9-8-11-20(23(17)29-15(2)3)24(28)26-22(16(4)27)13-18-14-25-21-12-7-6-10-19(18)21/h1,6-12,14-16,22,25,27H,13H2,2-4H3,(H,26,28)/t16?,22-/m1/s1. The number of aliphatic hydroxyl groups is 1. The zero-order valence-electron chi connectivity index (χ0n) is 16.9. The minimum absolute atomic E-state index is 0.130. The number of terminal acetylenes is 1. The van der Waals surface area contributed by atoms with Crippen molar-refractivity contribution in [1.29, 1.82) is 0 Å². The van der Waals surface area contributed by atoms with Crippen molar-refractivity contribution in [1.82, 2.24) is 10.3 Å². The number of para-hydroxylation sites is 2. The number of nitrogens with one attached hydrogen (secondary N) is 2. The lowest BCUT2D eigenvalue weighted by molar-refractivity contribution is 0.0853. The number of rotatable bonds is 7. The molecule has 29 heavy (non-hydrogen) atoms. The van der Waals surface area contributed by atoms with Gasteiger partial charge in [0, 0.05) is 17.1 Å². The van der Waals surface area contributed by atoms with Crippen molar-refractivity contribution in [3.63, 3.8) is 0 Å². The van der Waals surface area contributed by atoms with Gasteiger partial charge in [-0.25, -0.2) is 0 Å². The van der Waals surface area contributed by atoms with Gasteiger partial charge in [-0.1, -0.05) is 30.2 Å². The molecule has 0 aliphatic heterocycles. The van der Waals surface area contributed by atoms with Crippen LogP contribution >= 0.6 is 0 Å². The van der Waals surface area contributed by atoms with E-state index in [4.69, 9.17) is 11.2 Å². The number of amides is 1. The lowest BCUT2D eigenvalue weighted by atomic mass is 10.0. The van der Waals surface area contributed by atoms with E-state index in [9.17, 15) is 9.90 Å².